The van der Waals surface area contributed by atoms with Crippen LogP contribution in [0.2, 0.25) is 0 Å². The van der Waals surface area contributed by atoms with Crippen molar-refractivity contribution in [2.24, 2.45) is 0 Å². The van der Waals surface area contributed by atoms with Crippen molar-refractivity contribution in [2.45, 2.75) is 17.2 Å². The topological polar surface area (TPSA) is 59.1 Å². The molecule has 2 aromatic rings. The Bertz CT molecular complexity index is 720. The third-order valence-corrected chi connectivity index (χ3v) is 4.63. The summed E-state index contributed by atoms with van der Waals surface area (Å²) in [7, 11) is -3.69. The Hall–Kier alpha value is -1.11. The number of sulfonamides is 1. The predicted octanol–water partition coefficient (Wildman–Crippen LogP) is 3.94. The first kappa shape index (κ1) is 15.3. The zero-order valence-corrected chi connectivity index (χ0v) is 13.7. The van der Waals surface area contributed by atoms with Gasteiger partial charge in [-0.05, 0) is 40.5 Å². The molecule has 1 heterocycles. The highest BCUT2D eigenvalue weighted by atomic mass is 79.9. The molecule has 1 aromatic carbocycles. The van der Waals surface area contributed by atoms with Gasteiger partial charge in [0.15, 0.2) is 0 Å². The quantitative estimate of drug-likeness (QED) is 0.823. The molecule has 1 atom stereocenters. The molecule has 0 amide bonds. The van der Waals surface area contributed by atoms with Gasteiger partial charge in [-0.25, -0.2) is 8.42 Å². The van der Waals surface area contributed by atoms with Crippen LogP contribution < -0.4 is 4.72 Å². The summed E-state index contributed by atoms with van der Waals surface area (Å²) in [6.45, 7) is 1.79. The summed E-state index contributed by atoms with van der Waals surface area (Å²) in [6, 6.07) is 8.51. The highest BCUT2D eigenvalue weighted by Gasteiger charge is 2.17. The van der Waals surface area contributed by atoms with Crippen LogP contribution in [-0.4, -0.2) is 13.4 Å². The highest BCUT2D eigenvalue weighted by Crippen LogP contribution is 2.29. The lowest BCUT2D eigenvalue weighted by atomic mass is 10.1. The summed E-state index contributed by atoms with van der Waals surface area (Å²) in [6.07, 6.45) is 2.81. The van der Waals surface area contributed by atoms with Gasteiger partial charge >= 0.3 is 0 Å². The van der Waals surface area contributed by atoms with Gasteiger partial charge in [-0.2, -0.15) is 0 Å². The average molecular weight is 376 g/mol. The van der Waals surface area contributed by atoms with Crippen molar-refractivity contribution in [3.05, 3.63) is 52.8 Å². The second-order valence-electron chi connectivity index (χ2n) is 4.15. The second kappa shape index (κ2) is 6.11. The molecule has 1 aromatic heterocycles. The Kier molecular flexibility index (Phi) is 4.67. The third-order valence-electron chi connectivity index (χ3n) is 2.62. The van der Waals surface area contributed by atoms with Gasteiger partial charge in [-0.1, -0.05) is 18.2 Å². The number of benzene rings is 1. The molecule has 0 radical (unpaired) electrons. The maximum Gasteiger partial charge on any atom is 0.263 e. The Balaban J connectivity index is 2.39. The minimum Gasteiger partial charge on any atom is -0.279 e. The molecule has 0 saturated heterocycles. The molecule has 20 heavy (non-hydrogen) atoms. The van der Waals surface area contributed by atoms with Crippen molar-refractivity contribution >= 4 is 43.2 Å². The Labute approximate surface area is 131 Å². The van der Waals surface area contributed by atoms with E-state index in [0.29, 0.717) is 10.2 Å². The lowest BCUT2D eigenvalue weighted by molar-refractivity contribution is 0.600. The van der Waals surface area contributed by atoms with Crippen molar-refractivity contribution in [1.82, 2.24) is 4.98 Å². The molecule has 0 fully saturated rings. The molecule has 0 aliphatic heterocycles. The minimum absolute atomic E-state index is 0.0869. The van der Waals surface area contributed by atoms with Crippen molar-refractivity contribution in [3.8, 4) is 0 Å². The number of anilines is 1. The maximum atomic E-state index is 12.3. The normalized spacial score (nSPS) is 12.9. The van der Waals surface area contributed by atoms with Crippen LogP contribution in [0, 0.1) is 0 Å². The summed E-state index contributed by atoms with van der Waals surface area (Å²) in [5.74, 6) is 0. The zero-order chi connectivity index (χ0) is 14.8. The summed E-state index contributed by atoms with van der Waals surface area (Å²) in [5.41, 5.74) is 1.19. The van der Waals surface area contributed by atoms with E-state index in [4.69, 9.17) is 11.6 Å². The van der Waals surface area contributed by atoms with Crippen molar-refractivity contribution in [2.75, 3.05) is 4.72 Å². The molecule has 106 valence electrons. The summed E-state index contributed by atoms with van der Waals surface area (Å²) < 4.78 is 27.8. The van der Waals surface area contributed by atoms with Crippen molar-refractivity contribution in [3.63, 3.8) is 0 Å². The molecule has 0 spiro atoms. The lowest BCUT2D eigenvalue weighted by Crippen LogP contribution is -2.14. The molecule has 0 aliphatic carbocycles. The van der Waals surface area contributed by atoms with Gasteiger partial charge in [-0.3, -0.25) is 9.71 Å². The number of hydrogen-bond acceptors (Lipinski definition) is 3. The van der Waals surface area contributed by atoms with Crippen LogP contribution in [0.3, 0.4) is 0 Å². The van der Waals surface area contributed by atoms with Crippen molar-refractivity contribution < 1.29 is 8.42 Å². The molecule has 0 saturated carbocycles. The first-order valence-corrected chi connectivity index (χ1v) is 8.48. The van der Waals surface area contributed by atoms with E-state index in [1.165, 1.54) is 18.5 Å². The Morgan fingerprint density at radius 3 is 2.65 bits per heavy atom. The van der Waals surface area contributed by atoms with Crippen LogP contribution in [0.25, 0.3) is 0 Å². The SMILES string of the molecule is CC(Cl)c1ccccc1NS(=O)(=O)c1cncc(Br)c1. The van der Waals surface area contributed by atoms with Crippen LogP contribution in [0.5, 0.6) is 0 Å². The molecule has 1 N–H and O–H groups in total. The van der Waals surface area contributed by atoms with E-state index < -0.39 is 10.0 Å². The predicted molar refractivity (Wildman–Crippen MR) is 83.5 cm³/mol. The first-order chi connectivity index (χ1) is 9.40. The molecule has 2 rings (SSSR count). The number of para-hydroxylation sites is 1. The standard InChI is InChI=1S/C13H12BrClN2O2S/c1-9(15)12-4-2-3-5-13(12)17-20(18,19)11-6-10(14)7-16-8-11/h2-9,17H,1H3. The fourth-order valence-corrected chi connectivity index (χ4v) is 3.46. The molecule has 0 bridgehead atoms. The fourth-order valence-electron chi connectivity index (χ4n) is 1.68. The van der Waals surface area contributed by atoms with Gasteiger partial charge in [0.1, 0.15) is 4.90 Å². The summed E-state index contributed by atoms with van der Waals surface area (Å²) >= 11 is 9.26. The molecule has 7 heteroatoms. The second-order valence-corrected chi connectivity index (χ2v) is 7.40. The van der Waals surface area contributed by atoms with Gasteiger partial charge in [-0.15, -0.1) is 11.6 Å². The van der Waals surface area contributed by atoms with Gasteiger partial charge in [0.25, 0.3) is 10.0 Å². The smallest absolute Gasteiger partial charge is 0.263 e. The third kappa shape index (κ3) is 3.50. The van der Waals surface area contributed by atoms with Gasteiger partial charge in [0.05, 0.1) is 11.1 Å². The van der Waals surface area contributed by atoms with E-state index >= 15 is 0 Å². The van der Waals surface area contributed by atoms with Crippen LogP contribution in [-0.2, 0) is 10.0 Å². The zero-order valence-electron chi connectivity index (χ0n) is 10.5. The average Bonchev–Trinajstić information content (AvgIpc) is 2.38. The number of rotatable bonds is 4. The lowest BCUT2D eigenvalue weighted by Gasteiger charge is -2.13. The van der Waals surface area contributed by atoms with Crippen LogP contribution >= 0.6 is 27.5 Å². The van der Waals surface area contributed by atoms with E-state index in [-0.39, 0.29) is 10.3 Å². The van der Waals surface area contributed by atoms with Crippen LogP contribution in [0.15, 0.2) is 52.1 Å². The Morgan fingerprint density at radius 1 is 1.30 bits per heavy atom. The van der Waals surface area contributed by atoms with E-state index in [1.54, 1.807) is 25.1 Å². The van der Waals surface area contributed by atoms with E-state index in [0.717, 1.165) is 5.56 Å². The van der Waals surface area contributed by atoms with E-state index in [9.17, 15) is 8.42 Å². The summed E-state index contributed by atoms with van der Waals surface area (Å²) in [4.78, 5) is 3.94. The molecular formula is C13H12BrClN2O2S. The number of nitrogens with one attached hydrogen (secondary N) is 1. The molecule has 0 aliphatic rings. The van der Waals surface area contributed by atoms with Gasteiger partial charge in [0.2, 0.25) is 0 Å². The Morgan fingerprint density at radius 2 is 2.00 bits per heavy atom. The van der Waals surface area contributed by atoms with E-state index in [2.05, 4.69) is 25.6 Å². The number of pyridine rings is 1. The van der Waals surface area contributed by atoms with Crippen molar-refractivity contribution in [1.29, 1.82) is 0 Å². The molecule has 1 unspecified atom stereocenters. The minimum atomic E-state index is -3.69. The number of alkyl halides is 1. The highest BCUT2D eigenvalue weighted by molar-refractivity contribution is 9.10. The summed E-state index contributed by atoms with van der Waals surface area (Å²) in [5, 5.41) is -0.297. The molecule has 4 nitrogen and oxygen atoms in total. The monoisotopic (exact) mass is 374 g/mol. The van der Waals surface area contributed by atoms with Gasteiger partial charge in [0, 0.05) is 16.9 Å². The number of hydrogen-bond donors (Lipinski definition) is 1. The number of halogens is 2. The van der Waals surface area contributed by atoms with E-state index in [1.807, 2.05) is 6.07 Å². The number of aromatic nitrogens is 1. The van der Waals surface area contributed by atoms with Crippen LogP contribution in [0.4, 0.5) is 5.69 Å². The van der Waals surface area contributed by atoms with Crippen LogP contribution in [0.1, 0.15) is 17.9 Å². The number of nitrogens with zero attached hydrogens (tertiary/aromatic N) is 1. The first-order valence-electron chi connectivity index (χ1n) is 5.76. The van der Waals surface area contributed by atoms with Gasteiger partial charge < -0.3 is 0 Å². The molecular weight excluding hydrogens is 364 g/mol. The fraction of sp³-hybridized carbons (Fsp3) is 0.154. The maximum absolute atomic E-state index is 12.3. The largest absolute Gasteiger partial charge is 0.279 e.